The first-order chi connectivity index (χ1) is 15.3. The molecule has 0 bridgehead atoms. The molecule has 33 heavy (non-hydrogen) atoms. The Morgan fingerprint density at radius 3 is 2.15 bits per heavy atom. The fourth-order valence-electron chi connectivity index (χ4n) is 3.63. The quantitative estimate of drug-likeness (QED) is 0.471. The molecule has 1 aliphatic heterocycles. The Balaban J connectivity index is 1.86. The van der Waals surface area contributed by atoms with Crippen LogP contribution in [0.2, 0.25) is 10.0 Å². The lowest BCUT2D eigenvalue weighted by molar-refractivity contribution is -0.143. The Labute approximate surface area is 195 Å². The summed E-state index contributed by atoms with van der Waals surface area (Å²) in [5.41, 5.74) is -2.75. The third-order valence-electron chi connectivity index (χ3n) is 5.43. The summed E-state index contributed by atoms with van der Waals surface area (Å²) in [7, 11) is 1.11. The van der Waals surface area contributed by atoms with Gasteiger partial charge >= 0.3 is 18.4 Å². The minimum absolute atomic E-state index is 0.0162. The molecule has 1 heterocycles. The SMILES string of the molecule is CN(C(=O)N[C@@H]1CCNC[C@H]1c1ccc(Cl)c(Cl)c1)c1cc(C(F)(F)F)cc(C(F)(F)F)c1. The average Bonchev–Trinajstić information content (AvgIpc) is 2.74. The molecule has 1 fully saturated rings. The highest BCUT2D eigenvalue weighted by molar-refractivity contribution is 6.42. The number of carbonyl (C=O) groups is 1. The van der Waals surface area contributed by atoms with Crippen molar-refractivity contribution >= 4 is 34.9 Å². The van der Waals surface area contributed by atoms with Crippen molar-refractivity contribution in [2.75, 3.05) is 25.0 Å². The molecule has 12 heteroatoms. The van der Waals surface area contributed by atoms with Crippen LogP contribution in [0.15, 0.2) is 36.4 Å². The summed E-state index contributed by atoms with van der Waals surface area (Å²) in [4.78, 5) is 13.6. The van der Waals surface area contributed by atoms with E-state index < -0.39 is 41.2 Å². The number of piperidine rings is 1. The molecule has 4 nitrogen and oxygen atoms in total. The molecule has 180 valence electrons. The van der Waals surface area contributed by atoms with E-state index in [4.69, 9.17) is 23.2 Å². The second kappa shape index (κ2) is 9.60. The zero-order valence-electron chi connectivity index (χ0n) is 17.1. The van der Waals surface area contributed by atoms with Crippen LogP contribution in [0.1, 0.15) is 29.0 Å². The van der Waals surface area contributed by atoms with Crippen molar-refractivity contribution in [2.45, 2.75) is 30.7 Å². The van der Waals surface area contributed by atoms with E-state index in [1.54, 1.807) is 18.2 Å². The Hall–Kier alpha value is -2.17. The standard InChI is InChI=1S/C21H19Cl2F6N3O/c1-32(14-8-12(20(24,25)26)7-13(9-14)21(27,28)29)19(33)31-18-4-5-30-10-15(18)11-2-3-16(22)17(23)6-11/h2-3,6-9,15,18,30H,4-5,10H2,1H3,(H,31,33)/t15-,18+/m0/s1. The van der Waals surface area contributed by atoms with Crippen LogP contribution in [0.25, 0.3) is 0 Å². The van der Waals surface area contributed by atoms with Gasteiger partial charge in [0.25, 0.3) is 0 Å². The Kier molecular flexibility index (Phi) is 7.40. The highest BCUT2D eigenvalue weighted by Gasteiger charge is 2.38. The van der Waals surface area contributed by atoms with Gasteiger partial charge in [0.05, 0.1) is 21.2 Å². The number of carbonyl (C=O) groups excluding carboxylic acids is 1. The molecule has 2 aromatic rings. The second-order valence-electron chi connectivity index (χ2n) is 7.65. The van der Waals surface area contributed by atoms with Gasteiger partial charge in [0.2, 0.25) is 0 Å². The maximum atomic E-state index is 13.2. The lowest BCUT2D eigenvalue weighted by atomic mass is 9.87. The summed E-state index contributed by atoms with van der Waals surface area (Å²) in [5.74, 6) is -0.238. The number of benzene rings is 2. The van der Waals surface area contributed by atoms with E-state index in [1.807, 2.05) is 0 Å². The summed E-state index contributed by atoms with van der Waals surface area (Å²) in [5, 5.41) is 6.59. The third kappa shape index (κ3) is 6.04. The molecule has 2 atom stereocenters. The van der Waals surface area contributed by atoms with Crippen molar-refractivity contribution in [3.8, 4) is 0 Å². The molecule has 0 aliphatic carbocycles. The molecule has 0 saturated carbocycles. The van der Waals surface area contributed by atoms with Crippen LogP contribution in [0.3, 0.4) is 0 Å². The predicted octanol–water partition coefficient (Wildman–Crippen LogP) is 6.32. The van der Waals surface area contributed by atoms with Gasteiger partial charge in [-0.15, -0.1) is 0 Å². The zero-order valence-corrected chi connectivity index (χ0v) is 18.6. The number of hydrogen-bond donors (Lipinski definition) is 2. The van der Waals surface area contributed by atoms with E-state index in [0.717, 1.165) is 17.5 Å². The largest absolute Gasteiger partial charge is 0.416 e. The van der Waals surface area contributed by atoms with Gasteiger partial charge in [-0.2, -0.15) is 26.3 Å². The van der Waals surface area contributed by atoms with Crippen LogP contribution in [-0.4, -0.2) is 32.2 Å². The number of rotatable bonds is 3. The van der Waals surface area contributed by atoms with Crippen LogP contribution in [0.5, 0.6) is 0 Å². The average molecular weight is 514 g/mol. The van der Waals surface area contributed by atoms with Gasteiger partial charge in [0.1, 0.15) is 0 Å². The summed E-state index contributed by atoms with van der Waals surface area (Å²) in [6, 6.07) is 4.78. The van der Waals surface area contributed by atoms with E-state index in [0.29, 0.717) is 41.7 Å². The van der Waals surface area contributed by atoms with E-state index in [-0.39, 0.29) is 12.0 Å². The molecule has 0 radical (unpaired) electrons. The summed E-state index contributed by atoms with van der Waals surface area (Å²) >= 11 is 12.0. The number of anilines is 1. The van der Waals surface area contributed by atoms with Crippen molar-refractivity contribution in [3.05, 3.63) is 63.1 Å². The van der Waals surface area contributed by atoms with E-state index >= 15 is 0 Å². The normalized spacial score (nSPS) is 19.3. The minimum Gasteiger partial charge on any atom is -0.334 e. The number of halogens is 8. The van der Waals surface area contributed by atoms with E-state index in [1.165, 1.54) is 0 Å². The van der Waals surface area contributed by atoms with Crippen molar-refractivity contribution in [1.29, 1.82) is 0 Å². The second-order valence-corrected chi connectivity index (χ2v) is 8.47. The van der Waals surface area contributed by atoms with Crippen LogP contribution >= 0.6 is 23.2 Å². The molecule has 2 aromatic carbocycles. The molecule has 3 rings (SSSR count). The maximum Gasteiger partial charge on any atom is 0.416 e. The van der Waals surface area contributed by atoms with Crippen LogP contribution < -0.4 is 15.5 Å². The van der Waals surface area contributed by atoms with Crippen molar-refractivity contribution < 1.29 is 31.1 Å². The molecular formula is C21H19Cl2F6N3O. The van der Waals surface area contributed by atoms with Crippen LogP contribution in [-0.2, 0) is 12.4 Å². The van der Waals surface area contributed by atoms with Gasteiger partial charge in [0.15, 0.2) is 0 Å². The fourth-order valence-corrected chi connectivity index (χ4v) is 3.94. The number of urea groups is 1. The molecule has 0 unspecified atom stereocenters. The van der Waals surface area contributed by atoms with Gasteiger partial charge in [0, 0.05) is 31.2 Å². The third-order valence-corrected chi connectivity index (χ3v) is 6.17. The maximum absolute atomic E-state index is 13.2. The number of nitrogens with zero attached hydrogens (tertiary/aromatic N) is 1. The Bertz CT molecular complexity index is 996. The van der Waals surface area contributed by atoms with Crippen molar-refractivity contribution in [2.24, 2.45) is 0 Å². The van der Waals surface area contributed by atoms with Crippen LogP contribution in [0, 0.1) is 0 Å². The molecule has 2 amide bonds. The number of amides is 2. The van der Waals surface area contributed by atoms with Gasteiger partial charge in [-0.3, -0.25) is 4.90 Å². The molecular weight excluding hydrogens is 495 g/mol. The molecule has 1 aliphatic rings. The monoisotopic (exact) mass is 513 g/mol. The predicted molar refractivity (Wildman–Crippen MR) is 114 cm³/mol. The highest BCUT2D eigenvalue weighted by atomic mass is 35.5. The van der Waals surface area contributed by atoms with Gasteiger partial charge in [-0.25, -0.2) is 4.79 Å². The minimum atomic E-state index is -5.01. The topological polar surface area (TPSA) is 44.4 Å². The van der Waals surface area contributed by atoms with E-state index in [2.05, 4.69) is 10.6 Å². The first-order valence-electron chi connectivity index (χ1n) is 9.76. The van der Waals surface area contributed by atoms with Gasteiger partial charge < -0.3 is 10.6 Å². The van der Waals surface area contributed by atoms with Gasteiger partial charge in [-0.1, -0.05) is 29.3 Å². The Morgan fingerprint density at radius 1 is 1.00 bits per heavy atom. The molecule has 0 aromatic heterocycles. The van der Waals surface area contributed by atoms with Gasteiger partial charge in [-0.05, 0) is 48.9 Å². The van der Waals surface area contributed by atoms with Crippen LogP contribution in [0.4, 0.5) is 36.8 Å². The molecule has 0 spiro atoms. The van der Waals surface area contributed by atoms with E-state index in [9.17, 15) is 31.1 Å². The number of alkyl halides is 6. The Morgan fingerprint density at radius 2 is 1.61 bits per heavy atom. The molecule has 2 N–H and O–H groups in total. The highest BCUT2D eigenvalue weighted by Crippen LogP contribution is 2.38. The van der Waals surface area contributed by atoms with Crippen molar-refractivity contribution in [1.82, 2.24) is 10.6 Å². The smallest absolute Gasteiger partial charge is 0.334 e. The first kappa shape index (κ1) is 25.5. The summed E-state index contributed by atoms with van der Waals surface area (Å²) < 4.78 is 79.0. The molecule has 1 saturated heterocycles. The lowest BCUT2D eigenvalue weighted by Crippen LogP contribution is -2.51. The summed E-state index contributed by atoms with van der Waals surface area (Å²) in [6.45, 7) is 1.04. The zero-order chi connectivity index (χ0) is 24.6. The van der Waals surface area contributed by atoms with Crippen molar-refractivity contribution in [3.63, 3.8) is 0 Å². The number of nitrogens with one attached hydrogen (secondary N) is 2. The summed E-state index contributed by atoms with van der Waals surface area (Å²) in [6.07, 6.45) is -9.54. The first-order valence-corrected chi connectivity index (χ1v) is 10.5. The number of hydrogen-bond acceptors (Lipinski definition) is 2. The lowest BCUT2D eigenvalue weighted by Gasteiger charge is -2.34. The fraction of sp³-hybridized carbons (Fsp3) is 0.381.